The maximum Gasteiger partial charge on any atom is 0.236 e. The van der Waals surface area contributed by atoms with E-state index in [2.05, 4.69) is 5.32 Å². The number of hydrogen-bond acceptors (Lipinski definition) is 3. The Morgan fingerprint density at radius 1 is 1.33 bits per heavy atom. The van der Waals surface area contributed by atoms with E-state index in [0.717, 1.165) is 12.0 Å². The Balaban J connectivity index is 2.04. The molecule has 0 aliphatic carbocycles. The second kappa shape index (κ2) is 5.27. The zero-order valence-electron chi connectivity index (χ0n) is 11.5. The van der Waals surface area contributed by atoms with Crippen LogP contribution in [0.2, 0.25) is 10.0 Å². The summed E-state index contributed by atoms with van der Waals surface area (Å²) in [7, 11) is 0. The van der Waals surface area contributed by atoms with Gasteiger partial charge >= 0.3 is 0 Å². The summed E-state index contributed by atoms with van der Waals surface area (Å²) in [4.78, 5) is 25.2. The molecule has 1 aromatic rings. The Morgan fingerprint density at radius 3 is 2.71 bits per heavy atom. The summed E-state index contributed by atoms with van der Waals surface area (Å²) in [5.41, 5.74) is 0.399. The topological polar surface area (TPSA) is 55.4 Å². The molecule has 6 heteroatoms. The number of aryl methyl sites for hydroxylation is 1. The van der Waals surface area contributed by atoms with E-state index < -0.39 is 11.5 Å². The van der Waals surface area contributed by atoms with Gasteiger partial charge in [0.1, 0.15) is 11.5 Å². The van der Waals surface area contributed by atoms with Crippen molar-refractivity contribution in [3.05, 3.63) is 33.3 Å². The van der Waals surface area contributed by atoms with Gasteiger partial charge in [0.15, 0.2) is 5.78 Å². The smallest absolute Gasteiger partial charge is 0.236 e. The summed E-state index contributed by atoms with van der Waals surface area (Å²) in [5.74, 6) is -1.34. The molecule has 0 bridgehead atoms. The third kappa shape index (κ3) is 2.35. The first-order valence-electron chi connectivity index (χ1n) is 6.84. The van der Waals surface area contributed by atoms with Crippen LogP contribution < -0.4 is 5.32 Å². The fraction of sp³-hybridized carbons (Fsp3) is 0.467. The molecule has 2 atom stereocenters. The van der Waals surface area contributed by atoms with Gasteiger partial charge in [-0.2, -0.15) is 0 Å². The first-order chi connectivity index (χ1) is 9.94. The molecule has 21 heavy (non-hydrogen) atoms. The Hall–Kier alpha value is -1.10. The van der Waals surface area contributed by atoms with E-state index in [4.69, 9.17) is 27.9 Å². The van der Waals surface area contributed by atoms with Gasteiger partial charge in [-0.25, -0.2) is 0 Å². The maximum absolute atomic E-state index is 12.8. The lowest BCUT2D eigenvalue weighted by atomic mass is 9.82. The lowest BCUT2D eigenvalue weighted by Crippen LogP contribution is -2.52. The molecule has 2 fully saturated rings. The second-order valence-electron chi connectivity index (χ2n) is 5.64. The zero-order valence-corrected chi connectivity index (χ0v) is 13.1. The van der Waals surface area contributed by atoms with Gasteiger partial charge in [-0.1, -0.05) is 23.2 Å². The third-order valence-electron chi connectivity index (χ3n) is 4.19. The van der Waals surface area contributed by atoms with E-state index in [1.165, 1.54) is 0 Å². The summed E-state index contributed by atoms with van der Waals surface area (Å²) >= 11 is 12.2. The summed E-state index contributed by atoms with van der Waals surface area (Å²) in [6.07, 6.45) is 1.37. The number of halogens is 2. The number of ether oxygens (including phenoxy) is 1. The van der Waals surface area contributed by atoms with E-state index in [-0.39, 0.29) is 18.3 Å². The molecule has 4 nitrogen and oxygen atoms in total. The second-order valence-corrected chi connectivity index (χ2v) is 6.49. The fourth-order valence-corrected chi connectivity index (χ4v) is 3.90. The minimum atomic E-state index is -0.893. The Bertz CT molecular complexity index is 600. The minimum absolute atomic E-state index is 0.153. The summed E-state index contributed by atoms with van der Waals surface area (Å²) < 4.78 is 5.40. The molecule has 112 valence electrons. The normalized spacial score (nSPS) is 29.0. The van der Waals surface area contributed by atoms with Crippen LogP contribution in [0.3, 0.4) is 0 Å². The first kappa shape index (κ1) is 14.8. The van der Waals surface area contributed by atoms with Crippen LogP contribution >= 0.6 is 23.2 Å². The van der Waals surface area contributed by atoms with E-state index in [9.17, 15) is 9.59 Å². The van der Waals surface area contributed by atoms with Crippen LogP contribution in [0.4, 0.5) is 0 Å². The number of amides is 1. The highest BCUT2D eigenvalue weighted by Crippen LogP contribution is 2.39. The molecule has 2 heterocycles. The van der Waals surface area contributed by atoms with Crippen LogP contribution in [0.1, 0.15) is 29.9 Å². The van der Waals surface area contributed by atoms with Gasteiger partial charge < -0.3 is 10.1 Å². The number of carbonyl (C=O) groups excluding carboxylic acids is 2. The van der Waals surface area contributed by atoms with Gasteiger partial charge in [0.05, 0.1) is 6.61 Å². The fourth-order valence-electron chi connectivity index (χ4n) is 3.19. The largest absolute Gasteiger partial charge is 0.379 e. The van der Waals surface area contributed by atoms with E-state index in [1.807, 2.05) is 0 Å². The van der Waals surface area contributed by atoms with Crippen LogP contribution in [0.5, 0.6) is 0 Å². The molecule has 3 rings (SSSR count). The monoisotopic (exact) mass is 327 g/mol. The maximum atomic E-state index is 12.8. The van der Waals surface area contributed by atoms with Gasteiger partial charge in [0, 0.05) is 16.7 Å². The van der Waals surface area contributed by atoms with Crippen LogP contribution in [-0.4, -0.2) is 30.4 Å². The Kier molecular flexibility index (Phi) is 3.72. The molecule has 1 spiro atoms. The molecule has 0 aromatic heterocycles. The van der Waals surface area contributed by atoms with E-state index in [0.29, 0.717) is 28.6 Å². The number of Topliss-reactive ketones (excluding diaryl/α,β-unsaturated/α-hetero) is 1. The highest BCUT2D eigenvalue weighted by Gasteiger charge is 2.54. The average molecular weight is 328 g/mol. The van der Waals surface area contributed by atoms with Crippen molar-refractivity contribution in [3.8, 4) is 0 Å². The molecule has 1 amide bonds. The van der Waals surface area contributed by atoms with Crippen molar-refractivity contribution in [1.82, 2.24) is 5.32 Å². The molecule has 1 aromatic carbocycles. The average Bonchev–Trinajstić information content (AvgIpc) is 2.63. The molecule has 2 aliphatic heterocycles. The zero-order chi connectivity index (χ0) is 15.2. The summed E-state index contributed by atoms with van der Waals surface area (Å²) in [5, 5.41) is 3.67. The number of ketones is 1. The number of nitrogens with one attached hydrogen (secondary N) is 1. The van der Waals surface area contributed by atoms with Gasteiger partial charge in [0.2, 0.25) is 5.91 Å². The minimum Gasteiger partial charge on any atom is -0.379 e. The first-order valence-corrected chi connectivity index (χ1v) is 7.60. The van der Waals surface area contributed by atoms with Gasteiger partial charge in [0.25, 0.3) is 0 Å². The van der Waals surface area contributed by atoms with Crippen LogP contribution in [0.25, 0.3) is 0 Å². The molecular formula is C15H15Cl2NO3. The standard InChI is InChI=1S/C15H15Cl2NO3/c1-8-5-9(16)6-10(17)11(8)12-13(19)15(18-14(12)20)3-2-4-21-7-15/h5-6,12H,2-4,7H2,1H3,(H,18,20). The highest BCUT2D eigenvalue weighted by atomic mass is 35.5. The number of hydrogen-bond donors (Lipinski definition) is 1. The molecular weight excluding hydrogens is 313 g/mol. The Labute approximate surface area is 132 Å². The lowest BCUT2D eigenvalue weighted by Gasteiger charge is -2.31. The quantitative estimate of drug-likeness (QED) is 0.807. The predicted molar refractivity (Wildman–Crippen MR) is 79.9 cm³/mol. The third-order valence-corrected chi connectivity index (χ3v) is 4.72. The lowest BCUT2D eigenvalue weighted by molar-refractivity contribution is -0.128. The predicted octanol–water partition coefficient (Wildman–Crippen LogP) is 2.63. The molecule has 1 N–H and O–H groups in total. The highest BCUT2D eigenvalue weighted by molar-refractivity contribution is 6.36. The summed E-state index contributed by atoms with van der Waals surface area (Å²) in [6.45, 7) is 2.66. The van der Waals surface area contributed by atoms with Crippen molar-refractivity contribution in [1.29, 1.82) is 0 Å². The van der Waals surface area contributed by atoms with Gasteiger partial charge in [-0.15, -0.1) is 0 Å². The van der Waals surface area contributed by atoms with Crippen molar-refractivity contribution >= 4 is 34.9 Å². The van der Waals surface area contributed by atoms with Crippen LogP contribution in [0, 0.1) is 6.92 Å². The molecule has 2 aliphatic rings. The van der Waals surface area contributed by atoms with E-state index in [1.54, 1.807) is 19.1 Å². The summed E-state index contributed by atoms with van der Waals surface area (Å²) in [6, 6.07) is 3.28. The number of carbonyl (C=O) groups is 2. The van der Waals surface area contributed by atoms with Crippen molar-refractivity contribution in [2.45, 2.75) is 31.2 Å². The van der Waals surface area contributed by atoms with Crippen molar-refractivity contribution in [3.63, 3.8) is 0 Å². The van der Waals surface area contributed by atoms with Crippen molar-refractivity contribution in [2.24, 2.45) is 0 Å². The molecule has 0 radical (unpaired) electrons. The number of rotatable bonds is 1. The van der Waals surface area contributed by atoms with Crippen LogP contribution in [-0.2, 0) is 14.3 Å². The molecule has 2 unspecified atom stereocenters. The van der Waals surface area contributed by atoms with Gasteiger partial charge in [-0.3, -0.25) is 9.59 Å². The van der Waals surface area contributed by atoms with E-state index >= 15 is 0 Å². The number of benzene rings is 1. The van der Waals surface area contributed by atoms with Crippen LogP contribution in [0.15, 0.2) is 12.1 Å². The van der Waals surface area contributed by atoms with Gasteiger partial charge in [-0.05, 0) is 43.0 Å². The molecule has 0 saturated carbocycles. The Morgan fingerprint density at radius 2 is 2.10 bits per heavy atom. The SMILES string of the molecule is Cc1cc(Cl)cc(Cl)c1C1C(=O)NC2(CCCOC2)C1=O. The van der Waals surface area contributed by atoms with Crippen molar-refractivity contribution < 1.29 is 14.3 Å². The molecule has 2 saturated heterocycles. The van der Waals surface area contributed by atoms with Crippen molar-refractivity contribution in [2.75, 3.05) is 13.2 Å².